The minimum atomic E-state index is -1.22. The van der Waals surface area contributed by atoms with Crippen LogP contribution in [0.5, 0.6) is 0 Å². The molecule has 0 unspecified atom stereocenters. The smallest absolute Gasteiger partial charge is 0.308 e. The van der Waals surface area contributed by atoms with E-state index in [0.717, 1.165) is 6.07 Å². The average molecular weight is 297 g/mol. The van der Waals surface area contributed by atoms with E-state index in [1.165, 1.54) is 11.5 Å². The molecule has 1 aromatic heterocycles. The maximum atomic E-state index is 14.0. The molecule has 0 aliphatic carbocycles. The van der Waals surface area contributed by atoms with Crippen molar-refractivity contribution in [1.82, 2.24) is 4.57 Å². The lowest BCUT2D eigenvalue weighted by atomic mass is 10.0. The lowest BCUT2D eigenvalue weighted by Gasteiger charge is -2.17. The van der Waals surface area contributed by atoms with E-state index in [-0.39, 0.29) is 35.3 Å². The van der Waals surface area contributed by atoms with Crippen molar-refractivity contribution < 1.29 is 23.8 Å². The number of aromatic nitrogens is 1. The number of aliphatic carboxylic acids is 1. The fourth-order valence-corrected chi connectivity index (χ4v) is 2.41. The molecule has 0 bridgehead atoms. The highest BCUT2D eigenvalue weighted by Crippen LogP contribution is 2.21. The first-order valence-corrected chi connectivity index (χ1v) is 6.20. The van der Waals surface area contributed by atoms with Gasteiger partial charge in [-0.1, -0.05) is 0 Å². The van der Waals surface area contributed by atoms with Crippen molar-refractivity contribution in [2.24, 2.45) is 0 Å². The first kappa shape index (κ1) is 15.1. The molecular formula is C14H13F2NO4. The highest BCUT2D eigenvalue weighted by atomic mass is 19.1. The second-order valence-corrected chi connectivity index (χ2v) is 4.62. The quantitative estimate of drug-likeness (QED) is 0.889. The van der Waals surface area contributed by atoms with Crippen LogP contribution in [0.2, 0.25) is 0 Å². The van der Waals surface area contributed by atoms with E-state index in [4.69, 9.17) is 10.2 Å². The number of carboxylic acids is 1. The van der Waals surface area contributed by atoms with Crippen molar-refractivity contribution in [3.05, 3.63) is 45.2 Å². The lowest BCUT2D eigenvalue weighted by molar-refractivity contribution is -0.136. The zero-order valence-electron chi connectivity index (χ0n) is 11.2. The normalized spacial score (nSPS) is 11.0. The summed E-state index contributed by atoms with van der Waals surface area (Å²) in [5.41, 5.74) is -0.650. The highest BCUT2D eigenvalue weighted by molar-refractivity contribution is 5.82. The van der Waals surface area contributed by atoms with Crippen LogP contribution in [0.15, 0.2) is 16.9 Å². The van der Waals surface area contributed by atoms with Gasteiger partial charge in [0.15, 0.2) is 11.2 Å². The Hall–Kier alpha value is -2.28. The molecule has 0 saturated heterocycles. The molecule has 0 saturated carbocycles. The molecule has 1 aromatic carbocycles. The molecular weight excluding hydrogens is 284 g/mol. The van der Waals surface area contributed by atoms with Gasteiger partial charge in [-0.05, 0) is 13.0 Å². The largest absolute Gasteiger partial charge is 0.481 e. The molecule has 2 N–H and O–H groups in total. The summed E-state index contributed by atoms with van der Waals surface area (Å²) in [4.78, 5) is 23.1. The van der Waals surface area contributed by atoms with Gasteiger partial charge >= 0.3 is 5.97 Å². The molecule has 21 heavy (non-hydrogen) atoms. The fourth-order valence-electron chi connectivity index (χ4n) is 2.41. The van der Waals surface area contributed by atoms with Gasteiger partial charge in [0, 0.05) is 23.9 Å². The monoisotopic (exact) mass is 297 g/mol. The van der Waals surface area contributed by atoms with Crippen LogP contribution in [0.1, 0.15) is 11.3 Å². The first-order valence-electron chi connectivity index (χ1n) is 6.20. The summed E-state index contributed by atoms with van der Waals surface area (Å²) in [6.07, 6.45) is -0.551. The fraction of sp³-hybridized carbons (Fsp3) is 0.286. The number of carbonyl (C=O) groups is 1. The van der Waals surface area contributed by atoms with Crippen LogP contribution in [-0.4, -0.2) is 27.4 Å². The molecule has 2 aromatic rings. The summed E-state index contributed by atoms with van der Waals surface area (Å²) >= 11 is 0. The SMILES string of the molecule is Cc1c(CC(=O)O)c(=O)c2cc(F)cc(F)c2n1CCO. The van der Waals surface area contributed by atoms with Crippen LogP contribution in [0.4, 0.5) is 8.78 Å². The van der Waals surface area contributed by atoms with Crippen LogP contribution in [0.3, 0.4) is 0 Å². The Labute approximate surface area is 118 Å². The second-order valence-electron chi connectivity index (χ2n) is 4.62. The zero-order chi connectivity index (χ0) is 15.7. The van der Waals surface area contributed by atoms with E-state index >= 15 is 0 Å². The number of halogens is 2. The number of aliphatic hydroxyl groups excluding tert-OH is 1. The third kappa shape index (κ3) is 2.64. The molecule has 0 fully saturated rings. The molecule has 0 atom stereocenters. The summed E-state index contributed by atoms with van der Waals surface area (Å²) < 4.78 is 28.6. The Morgan fingerprint density at radius 1 is 1.33 bits per heavy atom. The zero-order valence-corrected chi connectivity index (χ0v) is 11.2. The van der Waals surface area contributed by atoms with Gasteiger partial charge in [0.2, 0.25) is 0 Å². The van der Waals surface area contributed by atoms with Crippen molar-refractivity contribution in [3.8, 4) is 0 Å². The molecule has 7 heteroatoms. The van der Waals surface area contributed by atoms with E-state index < -0.39 is 29.5 Å². The van der Waals surface area contributed by atoms with Gasteiger partial charge in [0.25, 0.3) is 0 Å². The van der Waals surface area contributed by atoms with Crippen molar-refractivity contribution in [3.63, 3.8) is 0 Å². The number of benzene rings is 1. The van der Waals surface area contributed by atoms with E-state index in [1.807, 2.05) is 0 Å². The van der Waals surface area contributed by atoms with Crippen molar-refractivity contribution in [1.29, 1.82) is 0 Å². The van der Waals surface area contributed by atoms with Gasteiger partial charge in [0.05, 0.1) is 23.9 Å². The Bertz CT molecular complexity index is 783. The number of carboxylic acid groups (broad SMARTS) is 1. The Morgan fingerprint density at radius 3 is 2.57 bits per heavy atom. The average Bonchev–Trinajstić information content (AvgIpc) is 2.39. The van der Waals surface area contributed by atoms with Gasteiger partial charge in [-0.25, -0.2) is 8.78 Å². The number of hydrogen-bond donors (Lipinski definition) is 2. The van der Waals surface area contributed by atoms with Gasteiger partial charge in [-0.2, -0.15) is 0 Å². The molecule has 0 radical (unpaired) electrons. The summed E-state index contributed by atoms with van der Waals surface area (Å²) in [5.74, 6) is -3.07. The van der Waals surface area contributed by atoms with Gasteiger partial charge in [-0.3, -0.25) is 9.59 Å². The number of pyridine rings is 1. The first-order chi connectivity index (χ1) is 9.86. The number of hydrogen-bond acceptors (Lipinski definition) is 3. The molecule has 2 rings (SSSR count). The Morgan fingerprint density at radius 2 is 2.00 bits per heavy atom. The lowest BCUT2D eigenvalue weighted by Crippen LogP contribution is -2.23. The van der Waals surface area contributed by atoms with Crippen LogP contribution >= 0.6 is 0 Å². The van der Waals surface area contributed by atoms with Crippen LogP contribution in [0.25, 0.3) is 10.9 Å². The minimum absolute atomic E-state index is 0.0300. The maximum absolute atomic E-state index is 14.0. The minimum Gasteiger partial charge on any atom is -0.481 e. The maximum Gasteiger partial charge on any atom is 0.308 e. The number of fused-ring (bicyclic) bond motifs is 1. The third-order valence-corrected chi connectivity index (χ3v) is 3.31. The second kappa shape index (κ2) is 5.61. The van der Waals surface area contributed by atoms with Gasteiger partial charge < -0.3 is 14.8 Å². The van der Waals surface area contributed by atoms with Gasteiger partial charge in [0.1, 0.15) is 5.82 Å². The Balaban J connectivity index is 2.95. The summed E-state index contributed by atoms with van der Waals surface area (Å²) in [7, 11) is 0. The van der Waals surface area contributed by atoms with Crippen LogP contribution in [-0.2, 0) is 17.8 Å². The number of aliphatic hydroxyl groups is 1. The number of rotatable bonds is 4. The molecule has 0 amide bonds. The van der Waals surface area contributed by atoms with E-state index in [1.54, 1.807) is 0 Å². The third-order valence-electron chi connectivity index (χ3n) is 3.31. The molecule has 0 aliphatic heterocycles. The molecule has 0 aliphatic rings. The van der Waals surface area contributed by atoms with Crippen molar-refractivity contribution in [2.45, 2.75) is 19.9 Å². The van der Waals surface area contributed by atoms with Crippen molar-refractivity contribution in [2.75, 3.05) is 6.61 Å². The van der Waals surface area contributed by atoms with E-state index in [0.29, 0.717) is 6.07 Å². The predicted molar refractivity (Wildman–Crippen MR) is 71.3 cm³/mol. The molecule has 1 heterocycles. The van der Waals surface area contributed by atoms with E-state index in [2.05, 4.69) is 0 Å². The van der Waals surface area contributed by atoms with Crippen molar-refractivity contribution >= 4 is 16.9 Å². The predicted octanol–water partition coefficient (Wildman–Crippen LogP) is 1.21. The Kier molecular flexibility index (Phi) is 4.04. The summed E-state index contributed by atoms with van der Waals surface area (Å²) in [5, 5.41) is 17.7. The number of nitrogens with zero attached hydrogens (tertiary/aromatic N) is 1. The summed E-state index contributed by atoms with van der Waals surface area (Å²) in [6, 6.07) is 1.52. The highest BCUT2D eigenvalue weighted by Gasteiger charge is 2.19. The standard InChI is InChI=1S/C14H13F2NO4/c1-7-9(6-12(19)20)14(21)10-4-8(15)5-11(16)13(10)17(7)2-3-18/h4-5,18H,2-3,6H2,1H3,(H,19,20). The topological polar surface area (TPSA) is 79.5 Å². The molecule has 112 valence electrons. The molecule has 5 nitrogen and oxygen atoms in total. The van der Waals surface area contributed by atoms with Gasteiger partial charge in [-0.15, -0.1) is 0 Å². The van der Waals surface area contributed by atoms with Crippen LogP contribution < -0.4 is 5.43 Å². The molecule has 0 spiro atoms. The van der Waals surface area contributed by atoms with Crippen LogP contribution in [0, 0.1) is 18.6 Å². The summed E-state index contributed by atoms with van der Waals surface area (Å²) in [6.45, 7) is 1.11. The van der Waals surface area contributed by atoms with E-state index in [9.17, 15) is 18.4 Å².